The van der Waals surface area contributed by atoms with Crippen LogP contribution < -0.4 is 0 Å². The van der Waals surface area contributed by atoms with Crippen molar-refractivity contribution in [2.24, 2.45) is 0 Å². The zero-order valence-electron chi connectivity index (χ0n) is 13.8. The second-order valence-corrected chi connectivity index (χ2v) is 16.1. The summed E-state index contributed by atoms with van der Waals surface area (Å²) in [5, 5.41) is 0. The molecule has 0 N–H and O–H groups in total. The van der Waals surface area contributed by atoms with Crippen molar-refractivity contribution in [1.82, 2.24) is 0 Å². The molecule has 0 aromatic rings. The van der Waals surface area contributed by atoms with Gasteiger partial charge in [0.1, 0.15) is 0 Å². The molecule has 1 atom stereocenters. The standard InChI is InChI=1S/C13H30O4Si2/c1-13(11-12(14)15-2,17-19(6,7)8)9-10-16-18(3,4)5/h9-11H2,1-8H3. The van der Waals surface area contributed by atoms with Gasteiger partial charge in [0, 0.05) is 6.61 Å². The maximum absolute atomic E-state index is 11.6. The lowest BCUT2D eigenvalue weighted by Crippen LogP contribution is -2.43. The maximum Gasteiger partial charge on any atom is 0.308 e. The summed E-state index contributed by atoms with van der Waals surface area (Å²) in [6, 6.07) is 0. The molecule has 19 heavy (non-hydrogen) atoms. The van der Waals surface area contributed by atoms with Gasteiger partial charge in [0.2, 0.25) is 0 Å². The fourth-order valence-electron chi connectivity index (χ4n) is 1.87. The molecule has 0 aromatic heterocycles. The first-order chi connectivity index (χ1) is 8.37. The smallest absolute Gasteiger partial charge is 0.308 e. The van der Waals surface area contributed by atoms with Crippen LogP contribution in [0.4, 0.5) is 0 Å². The van der Waals surface area contributed by atoms with Crippen molar-refractivity contribution in [2.45, 2.75) is 64.6 Å². The van der Waals surface area contributed by atoms with E-state index >= 15 is 0 Å². The van der Waals surface area contributed by atoms with Crippen LogP contribution in [0.1, 0.15) is 19.8 Å². The Morgan fingerprint density at radius 3 is 1.95 bits per heavy atom. The number of esters is 1. The monoisotopic (exact) mass is 306 g/mol. The SMILES string of the molecule is COC(=O)CC(C)(CCO[Si](C)(C)C)O[Si](C)(C)C. The van der Waals surface area contributed by atoms with Gasteiger partial charge in [0.15, 0.2) is 16.6 Å². The quantitative estimate of drug-likeness (QED) is 0.509. The highest BCUT2D eigenvalue weighted by Crippen LogP contribution is 2.26. The van der Waals surface area contributed by atoms with E-state index in [1.807, 2.05) is 6.92 Å². The molecule has 0 spiro atoms. The van der Waals surface area contributed by atoms with E-state index in [0.717, 1.165) is 6.42 Å². The van der Waals surface area contributed by atoms with Gasteiger partial charge in [-0.2, -0.15) is 0 Å². The number of carbonyl (C=O) groups is 1. The summed E-state index contributed by atoms with van der Waals surface area (Å²) in [5.74, 6) is -0.228. The summed E-state index contributed by atoms with van der Waals surface area (Å²) in [6.07, 6.45) is 0.999. The van der Waals surface area contributed by atoms with E-state index in [-0.39, 0.29) is 12.4 Å². The fourth-order valence-corrected chi connectivity index (χ4v) is 4.23. The second-order valence-electron chi connectivity index (χ2n) is 7.13. The Morgan fingerprint density at radius 2 is 1.58 bits per heavy atom. The van der Waals surface area contributed by atoms with Crippen LogP contribution in [-0.2, 0) is 18.4 Å². The van der Waals surface area contributed by atoms with Crippen molar-refractivity contribution < 1.29 is 18.4 Å². The molecule has 0 fully saturated rings. The Hall–Kier alpha value is -0.176. The predicted molar refractivity (Wildman–Crippen MR) is 83.4 cm³/mol. The van der Waals surface area contributed by atoms with Crippen LogP contribution in [0.5, 0.6) is 0 Å². The van der Waals surface area contributed by atoms with Crippen molar-refractivity contribution in [3.63, 3.8) is 0 Å². The van der Waals surface area contributed by atoms with Crippen LogP contribution in [0.3, 0.4) is 0 Å². The Labute approximate surface area is 120 Å². The van der Waals surface area contributed by atoms with Gasteiger partial charge in [-0.15, -0.1) is 0 Å². The Kier molecular flexibility index (Phi) is 6.95. The lowest BCUT2D eigenvalue weighted by atomic mass is 9.99. The number of methoxy groups -OCH3 is 1. The summed E-state index contributed by atoms with van der Waals surface area (Å²) >= 11 is 0. The minimum atomic E-state index is -1.72. The summed E-state index contributed by atoms with van der Waals surface area (Å²) in [6.45, 7) is 15.5. The van der Waals surface area contributed by atoms with Crippen LogP contribution in [-0.4, -0.2) is 41.9 Å². The molecule has 0 aliphatic rings. The first-order valence-electron chi connectivity index (χ1n) is 6.78. The highest BCUT2D eigenvalue weighted by molar-refractivity contribution is 6.70. The number of rotatable bonds is 8. The van der Waals surface area contributed by atoms with Crippen molar-refractivity contribution in [3.8, 4) is 0 Å². The number of hydrogen-bond donors (Lipinski definition) is 0. The molecule has 0 aliphatic carbocycles. The van der Waals surface area contributed by atoms with E-state index in [2.05, 4.69) is 39.3 Å². The highest BCUT2D eigenvalue weighted by atomic mass is 28.4. The summed E-state index contributed by atoms with van der Waals surface area (Å²) < 4.78 is 16.8. The third kappa shape index (κ3) is 10.3. The third-order valence-electron chi connectivity index (χ3n) is 2.46. The van der Waals surface area contributed by atoms with Gasteiger partial charge in [-0.1, -0.05) is 0 Å². The zero-order valence-corrected chi connectivity index (χ0v) is 15.8. The van der Waals surface area contributed by atoms with Crippen molar-refractivity contribution in [1.29, 1.82) is 0 Å². The molecule has 1 unspecified atom stereocenters. The molecule has 114 valence electrons. The van der Waals surface area contributed by atoms with Crippen LogP contribution in [0.25, 0.3) is 0 Å². The van der Waals surface area contributed by atoms with Gasteiger partial charge >= 0.3 is 5.97 Å². The molecule has 6 heteroatoms. The average Bonchev–Trinajstić information content (AvgIpc) is 2.11. The summed E-state index contributed by atoms with van der Waals surface area (Å²) in [4.78, 5) is 11.6. The lowest BCUT2D eigenvalue weighted by Gasteiger charge is -2.36. The number of hydrogen-bond acceptors (Lipinski definition) is 4. The molecule has 0 rings (SSSR count). The van der Waals surface area contributed by atoms with Crippen molar-refractivity contribution >= 4 is 22.6 Å². The van der Waals surface area contributed by atoms with Gasteiger partial charge in [0.25, 0.3) is 0 Å². The van der Waals surface area contributed by atoms with Crippen LogP contribution in [0, 0.1) is 0 Å². The number of ether oxygens (including phenoxy) is 1. The fraction of sp³-hybridized carbons (Fsp3) is 0.923. The minimum Gasteiger partial charge on any atom is -0.469 e. The maximum atomic E-state index is 11.6. The van der Waals surface area contributed by atoms with E-state index in [1.54, 1.807) is 0 Å². The molecule has 0 aliphatic heterocycles. The number of carbonyl (C=O) groups excluding carboxylic acids is 1. The Morgan fingerprint density at radius 1 is 1.05 bits per heavy atom. The summed E-state index contributed by atoms with van der Waals surface area (Å²) in [7, 11) is -1.83. The van der Waals surface area contributed by atoms with E-state index in [1.165, 1.54) is 7.11 Å². The average molecular weight is 307 g/mol. The molecule has 0 amide bonds. The van der Waals surface area contributed by atoms with Crippen LogP contribution >= 0.6 is 0 Å². The Bertz CT molecular complexity index is 294. The van der Waals surface area contributed by atoms with E-state index in [4.69, 9.17) is 13.6 Å². The normalized spacial score (nSPS) is 16.0. The molecule has 4 nitrogen and oxygen atoms in total. The zero-order chi connectivity index (χ0) is 15.3. The van der Waals surface area contributed by atoms with Gasteiger partial charge in [-0.3, -0.25) is 4.79 Å². The molecule has 0 aromatic carbocycles. The van der Waals surface area contributed by atoms with Gasteiger partial charge in [0.05, 0.1) is 19.1 Å². The highest BCUT2D eigenvalue weighted by Gasteiger charge is 2.34. The Balaban J connectivity index is 4.62. The first kappa shape index (κ1) is 18.8. The molecule has 0 bridgehead atoms. The second kappa shape index (κ2) is 7.01. The molecule has 0 saturated heterocycles. The van der Waals surface area contributed by atoms with Crippen LogP contribution in [0.15, 0.2) is 0 Å². The van der Waals surface area contributed by atoms with Gasteiger partial charge in [-0.05, 0) is 52.6 Å². The van der Waals surface area contributed by atoms with E-state index in [0.29, 0.717) is 6.61 Å². The third-order valence-corrected chi connectivity index (χ3v) is 4.64. The molecule has 0 radical (unpaired) electrons. The molecular weight excluding hydrogens is 276 g/mol. The van der Waals surface area contributed by atoms with E-state index in [9.17, 15) is 4.79 Å². The largest absolute Gasteiger partial charge is 0.469 e. The summed E-state index contributed by atoms with van der Waals surface area (Å²) in [5.41, 5.74) is -0.489. The van der Waals surface area contributed by atoms with Crippen molar-refractivity contribution in [2.75, 3.05) is 13.7 Å². The first-order valence-corrected chi connectivity index (χ1v) is 13.6. The lowest BCUT2D eigenvalue weighted by molar-refractivity contribution is -0.145. The van der Waals surface area contributed by atoms with Gasteiger partial charge in [-0.25, -0.2) is 0 Å². The van der Waals surface area contributed by atoms with Gasteiger partial charge < -0.3 is 13.6 Å². The molecule has 0 saturated carbocycles. The van der Waals surface area contributed by atoms with E-state index < -0.39 is 22.2 Å². The van der Waals surface area contributed by atoms with Crippen LogP contribution in [0.2, 0.25) is 39.3 Å². The van der Waals surface area contributed by atoms with Crippen molar-refractivity contribution in [3.05, 3.63) is 0 Å². The topological polar surface area (TPSA) is 44.8 Å². The molecule has 0 heterocycles. The predicted octanol–water partition coefficient (Wildman–Crippen LogP) is 3.40. The minimum absolute atomic E-state index is 0.228. The molecular formula is C13H30O4Si2.